The number of rotatable bonds is 3. The lowest BCUT2D eigenvalue weighted by atomic mass is 10.2. The van der Waals surface area contributed by atoms with Crippen molar-refractivity contribution in [2.45, 2.75) is 17.7 Å². The van der Waals surface area contributed by atoms with Gasteiger partial charge < -0.3 is 10.1 Å². The standard InChI is InChI=1S/C17H14N2O4S/c20-16(11-8-9-11)18-12-4-3-5-13(10-12)23-17-14-6-1-2-7-15(14)24(21,22)19-17/h1-7,10-11H,8-9H2,(H,18,20). The summed E-state index contributed by atoms with van der Waals surface area (Å²) in [6, 6.07) is 13.3. The third kappa shape index (κ3) is 2.78. The highest BCUT2D eigenvalue weighted by atomic mass is 32.2. The van der Waals surface area contributed by atoms with Crippen LogP contribution < -0.4 is 10.1 Å². The molecule has 6 nitrogen and oxygen atoms in total. The Labute approximate surface area is 139 Å². The van der Waals surface area contributed by atoms with Crippen LogP contribution >= 0.6 is 0 Å². The molecular formula is C17H14N2O4S. The molecular weight excluding hydrogens is 328 g/mol. The van der Waals surface area contributed by atoms with E-state index in [1.807, 2.05) is 0 Å². The van der Waals surface area contributed by atoms with Gasteiger partial charge in [0.15, 0.2) is 0 Å². The highest BCUT2D eigenvalue weighted by Gasteiger charge is 2.31. The van der Waals surface area contributed by atoms with Crippen LogP contribution in [0.4, 0.5) is 5.69 Å². The smallest absolute Gasteiger partial charge is 0.286 e. The number of carbonyl (C=O) groups excluding carboxylic acids is 1. The second kappa shape index (κ2) is 5.45. The van der Waals surface area contributed by atoms with Gasteiger partial charge in [-0.3, -0.25) is 4.79 Å². The van der Waals surface area contributed by atoms with Crippen molar-refractivity contribution in [3.8, 4) is 5.75 Å². The number of benzene rings is 2. The Morgan fingerprint density at radius 1 is 1.12 bits per heavy atom. The molecule has 2 aromatic rings. The molecule has 4 rings (SSSR count). The van der Waals surface area contributed by atoms with Crippen molar-refractivity contribution in [2.24, 2.45) is 10.3 Å². The lowest BCUT2D eigenvalue weighted by Crippen LogP contribution is -2.13. The molecule has 1 aliphatic carbocycles. The number of sulfonamides is 1. The maximum atomic E-state index is 12.0. The van der Waals surface area contributed by atoms with Gasteiger partial charge in [-0.2, -0.15) is 8.42 Å². The molecule has 0 bridgehead atoms. The number of carbonyl (C=O) groups is 1. The van der Waals surface area contributed by atoms with Gasteiger partial charge >= 0.3 is 0 Å². The highest BCUT2D eigenvalue weighted by molar-refractivity contribution is 7.90. The Balaban J connectivity index is 1.59. The lowest BCUT2D eigenvalue weighted by Gasteiger charge is -2.08. The normalized spacial score (nSPS) is 17.8. The molecule has 0 unspecified atom stereocenters. The molecule has 0 saturated heterocycles. The molecule has 0 aromatic heterocycles. The zero-order valence-electron chi connectivity index (χ0n) is 12.6. The average molecular weight is 342 g/mol. The predicted octanol–water partition coefficient (Wildman–Crippen LogP) is 2.56. The predicted molar refractivity (Wildman–Crippen MR) is 88.6 cm³/mol. The largest absolute Gasteiger partial charge is 0.438 e. The van der Waals surface area contributed by atoms with Gasteiger partial charge in [0.2, 0.25) is 11.8 Å². The van der Waals surface area contributed by atoms with Crippen molar-refractivity contribution in [1.82, 2.24) is 0 Å². The number of nitrogens with zero attached hydrogens (tertiary/aromatic N) is 1. The summed E-state index contributed by atoms with van der Waals surface area (Å²) in [7, 11) is -3.71. The number of anilines is 1. The van der Waals surface area contributed by atoms with Crippen molar-refractivity contribution in [3.63, 3.8) is 0 Å². The third-order valence-corrected chi connectivity index (χ3v) is 5.18. The monoisotopic (exact) mass is 342 g/mol. The van der Waals surface area contributed by atoms with Gasteiger partial charge in [0.05, 0.1) is 5.56 Å². The Morgan fingerprint density at radius 2 is 1.92 bits per heavy atom. The van der Waals surface area contributed by atoms with E-state index in [4.69, 9.17) is 4.74 Å². The molecule has 1 aliphatic heterocycles. The second-order valence-electron chi connectivity index (χ2n) is 5.76. The molecule has 0 spiro atoms. The summed E-state index contributed by atoms with van der Waals surface area (Å²) >= 11 is 0. The van der Waals surface area contributed by atoms with E-state index in [9.17, 15) is 13.2 Å². The van der Waals surface area contributed by atoms with E-state index in [1.165, 1.54) is 6.07 Å². The quantitative estimate of drug-likeness (QED) is 0.929. The van der Waals surface area contributed by atoms with E-state index in [0.717, 1.165) is 12.8 Å². The fourth-order valence-electron chi connectivity index (χ4n) is 2.49. The van der Waals surface area contributed by atoms with Gasteiger partial charge in [-0.15, -0.1) is 4.40 Å². The maximum absolute atomic E-state index is 12.0. The Bertz CT molecular complexity index is 962. The van der Waals surface area contributed by atoms with E-state index in [-0.39, 0.29) is 22.6 Å². The van der Waals surface area contributed by atoms with Crippen LogP contribution in [0.5, 0.6) is 5.75 Å². The van der Waals surface area contributed by atoms with E-state index in [1.54, 1.807) is 42.5 Å². The van der Waals surface area contributed by atoms with Crippen molar-refractivity contribution in [3.05, 3.63) is 54.1 Å². The van der Waals surface area contributed by atoms with E-state index < -0.39 is 10.0 Å². The molecule has 2 aliphatic rings. The first-order valence-corrected chi connectivity index (χ1v) is 9.00. The molecule has 2 aromatic carbocycles. The molecule has 1 heterocycles. The van der Waals surface area contributed by atoms with E-state index in [2.05, 4.69) is 9.71 Å². The summed E-state index contributed by atoms with van der Waals surface area (Å²) in [5.74, 6) is 0.551. The first-order chi connectivity index (χ1) is 11.5. The van der Waals surface area contributed by atoms with Crippen molar-refractivity contribution in [1.29, 1.82) is 0 Å². The molecule has 0 atom stereocenters. The van der Waals surface area contributed by atoms with Crippen molar-refractivity contribution in [2.75, 3.05) is 5.32 Å². The first kappa shape index (κ1) is 14.9. The summed E-state index contributed by atoms with van der Waals surface area (Å²) in [5.41, 5.74) is 1.05. The Morgan fingerprint density at radius 3 is 2.71 bits per heavy atom. The minimum atomic E-state index is -3.71. The fraction of sp³-hybridized carbons (Fsp3) is 0.176. The topological polar surface area (TPSA) is 84.8 Å². The van der Waals surface area contributed by atoms with Gasteiger partial charge in [-0.1, -0.05) is 18.2 Å². The number of fused-ring (bicyclic) bond motifs is 1. The van der Waals surface area contributed by atoms with Crippen LogP contribution in [-0.2, 0) is 14.8 Å². The molecule has 1 saturated carbocycles. The summed E-state index contributed by atoms with van der Waals surface area (Å²) < 4.78 is 33.4. The number of hydrogen-bond acceptors (Lipinski definition) is 4. The summed E-state index contributed by atoms with van der Waals surface area (Å²) in [6.07, 6.45) is 1.85. The zero-order chi connectivity index (χ0) is 16.7. The van der Waals surface area contributed by atoms with Gasteiger partial charge in [0.1, 0.15) is 10.6 Å². The van der Waals surface area contributed by atoms with Crippen LogP contribution in [0.1, 0.15) is 18.4 Å². The molecule has 1 N–H and O–H groups in total. The number of amides is 1. The molecule has 1 amide bonds. The first-order valence-electron chi connectivity index (χ1n) is 7.56. The van der Waals surface area contributed by atoms with Crippen molar-refractivity contribution < 1.29 is 17.9 Å². The molecule has 7 heteroatoms. The fourth-order valence-corrected chi connectivity index (χ4v) is 3.62. The van der Waals surface area contributed by atoms with Crippen LogP contribution in [0.3, 0.4) is 0 Å². The number of hydrogen-bond donors (Lipinski definition) is 1. The molecule has 122 valence electrons. The number of ether oxygens (including phenoxy) is 1. The summed E-state index contributed by atoms with van der Waals surface area (Å²) in [5, 5.41) is 2.83. The minimum Gasteiger partial charge on any atom is -0.438 e. The SMILES string of the molecule is O=C(Nc1cccc(OC2=NS(=O)(=O)c3ccccc32)c1)C1CC1. The van der Waals surface area contributed by atoms with Gasteiger partial charge in [-0.05, 0) is 37.1 Å². The second-order valence-corrected chi connectivity index (χ2v) is 7.33. The minimum absolute atomic E-state index is 0.00159. The summed E-state index contributed by atoms with van der Waals surface area (Å²) in [6.45, 7) is 0. The third-order valence-electron chi connectivity index (χ3n) is 3.86. The molecule has 24 heavy (non-hydrogen) atoms. The van der Waals surface area contributed by atoms with Gasteiger partial charge in [0.25, 0.3) is 10.0 Å². The zero-order valence-corrected chi connectivity index (χ0v) is 13.4. The lowest BCUT2D eigenvalue weighted by molar-refractivity contribution is -0.117. The van der Waals surface area contributed by atoms with Gasteiger partial charge in [-0.25, -0.2) is 0 Å². The van der Waals surface area contributed by atoms with E-state index in [0.29, 0.717) is 17.0 Å². The number of nitrogens with one attached hydrogen (secondary N) is 1. The maximum Gasteiger partial charge on any atom is 0.286 e. The van der Waals surface area contributed by atoms with Crippen LogP contribution in [0.15, 0.2) is 57.8 Å². The Hall–Kier alpha value is -2.67. The molecule has 0 radical (unpaired) electrons. The van der Waals surface area contributed by atoms with Crippen LogP contribution in [0, 0.1) is 5.92 Å². The summed E-state index contributed by atoms with van der Waals surface area (Å²) in [4.78, 5) is 12.0. The van der Waals surface area contributed by atoms with Crippen LogP contribution in [0.2, 0.25) is 0 Å². The van der Waals surface area contributed by atoms with Crippen LogP contribution in [0.25, 0.3) is 0 Å². The highest BCUT2D eigenvalue weighted by Crippen LogP contribution is 2.31. The van der Waals surface area contributed by atoms with Crippen LogP contribution in [-0.4, -0.2) is 20.2 Å². The van der Waals surface area contributed by atoms with Gasteiger partial charge in [0, 0.05) is 17.7 Å². The molecule has 1 fully saturated rings. The average Bonchev–Trinajstić information content (AvgIpc) is 3.36. The van der Waals surface area contributed by atoms with E-state index >= 15 is 0 Å². The van der Waals surface area contributed by atoms with Crippen molar-refractivity contribution >= 4 is 27.5 Å². The Kier molecular flexibility index (Phi) is 3.38.